The highest BCUT2D eigenvalue weighted by atomic mass is 32.1. The highest BCUT2D eigenvalue weighted by Crippen LogP contribution is 2.46. The number of halogens is 2. The number of amides is 2. The molecule has 0 saturated heterocycles. The number of nitrogens with two attached hydrogens (primary N) is 1. The van der Waals surface area contributed by atoms with E-state index < -0.39 is 35.0 Å². The zero-order valence-electron chi connectivity index (χ0n) is 27.5. The van der Waals surface area contributed by atoms with Crippen molar-refractivity contribution >= 4 is 28.7 Å². The zero-order chi connectivity index (χ0) is 34.1. The fourth-order valence-electron chi connectivity index (χ4n) is 6.19. The Labute approximate surface area is 279 Å². The molecule has 4 rings (SSSR count). The van der Waals surface area contributed by atoms with Gasteiger partial charge in [0.15, 0.2) is 0 Å². The predicted octanol–water partition coefficient (Wildman–Crippen LogP) is 5.45. The van der Waals surface area contributed by atoms with Crippen molar-refractivity contribution in [2.45, 2.75) is 72.4 Å². The summed E-state index contributed by atoms with van der Waals surface area (Å²) in [4.78, 5) is 39.2. The first-order valence-electron chi connectivity index (χ1n) is 16.2. The van der Waals surface area contributed by atoms with Crippen LogP contribution in [0.2, 0.25) is 0 Å². The summed E-state index contributed by atoms with van der Waals surface area (Å²) in [6.07, 6.45) is 8.74. The molecule has 0 fully saturated rings. The number of aliphatic hydroxyl groups excluding tert-OH is 1. The van der Waals surface area contributed by atoms with Gasteiger partial charge in [-0.15, -0.1) is 11.3 Å². The summed E-state index contributed by atoms with van der Waals surface area (Å²) in [5.41, 5.74) is 5.47. The average Bonchev–Trinajstić information content (AvgIpc) is 3.71. The van der Waals surface area contributed by atoms with Crippen LogP contribution in [0, 0.1) is 28.9 Å². The van der Waals surface area contributed by atoms with E-state index in [-0.39, 0.29) is 36.7 Å². The third-order valence-electron chi connectivity index (χ3n) is 8.25. The largest absolute Gasteiger partial charge is 0.445 e. The average molecular weight is 670 g/mol. The first-order valence-corrected chi connectivity index (χ1v) is 17.0. The minimum Gasteiger partial charge on any atom is -0.445 e. The number of allylic oxidation sites excluding steroid dienone is 2. The summed E-state index contributed by atoms with van der Waals surface area (Å²) in [6.45, 7) is 9.69. The predicted molar refractivity (Wildman–Crippen MR) is 178 cm³/mol. The summed E-state index contributed by atoms with van der Waals surface area (Å²) in [5, 5.41) is 16.1. The number of nitrogens with zero attached hydrogens (tertiary/aromatic N) is 3. The van der Waals surface area contributed by atoms with Crippen molar-refractivity contribution < 1.29 is 27.9 Å². The maximum Gasteiger partial charge on any atom is 0.249 e. The topological polar surface area (TPSA) is 135 Å². The van der Waals surface area contributed by atoms with Gasteiger partial charge < -0.3 is 25.5 Å². The van der Waals surface area contributed by atoms with Crippen LogP contribution in [0.3, 0.4) is 0 Å². The lowest BCUT2D eigenvalue weighted by atomic mass is 9.63. The van der Waals surface area contributed by atoms with Crippen LogP contribution in [0.15, 0.2) is 59.0 Å². The first-order chi connectivity index (χ1) is 22.4. The third kappa shape index (κ3) is 9.21. The van der Waals surface area contributed by atoms with Crippen molar-refractivity contribution in [2.24, 2.45) is 23.0 Å². The Morgan fingerprint density at radius 3 is 2.43 bits per heavy atom. The Bertz CT molecular complexity index is 1550. The van der Waals surface area contributed by atoms with Gasteiger partial charge in [-0.25, -0.2) is 18.7 Å². The maximum atomic E-state index is 14.4. The number of primary amides is 1. The molecule has 9 nitrogen and oxygen atoms in total. The number of oxazole rings is 1. The summed E-state index contributed by atoms with van der Waals surface area (Å²) >= 11 is 1.58. The van der Waals surface area contributed by atoms with Crippen molar-refractivity contribution in [1.82, 2.24) is 20.2 Å². The molecule has 2 aromatic heterocycles. The molecule has 1 aliphatic carbocycles. The molecular formula is C35H45F2N5O4S. The Morgan fingerprint density at radius 1 is 1.13 bits per heavy atom. The molecule has 1 aromatic carbocycles. The third-order valence-corrected chi connectivity index (χ3v) is 9.27. The molecular weight excluding hydrogens is 624 g/mol. The number of carbonyl (C=O) groups excluding carboxylic acids is 2. The number of rotatable bonds is 17. The van der Waals surface area contributed by atoms with Crippen LogP contribution in [-0.2, 0) is 29.0 Å². The zero-order valence-corrected chi connectivity index (χ0v) is 28.3. The number of aliphatic hydroxyl groups is 1. The minimum atomic E-state index is -1.65. The Balaban J connectivity index is 1.74. The standard InChI is InChI=1S/C35H45F2N5O4S/c1-5-8-42(9-6-2)33(44)25-15-24(32-40-7-10-46-32)17-35(18-25,34(38)45)29(14-23-12-26(36)16-27(37)13-23)30(43)21-39-19-28-20-41-31(47-28)11-22(3)4/h7,10,12-13,15-17,20,22,29-30,39,43H,5-6,8-9,11,14,18-19,21H2,1-4H3,(H2,38,45)/t29-,30+,35?/m1/s1. The molecule has 0 aliphatic heterocycles. The van der Waals surface area contributed by atoms with Crippen molar-refractivity contribution in [3.63, 3.8) is 0 Å². The SMILES string of the molecule is CCCN(CCC)C(=O)C1=CC(c2ncco2)=CC(C(N)=O)([C@H](Cc2cc(F)cc(F)c2)[C@@H](O)CNCc2cnc(CC(C)C)s2)C1. The van der Waals surface area contributed by atoms with Crippen LogP contribution in [0.4, 0.5) is 8.78 Å². The smallest absolute Gasteiger partial charge is 0.249 e. The van der Waals surface area contributed by atoms with Gasteiger partial charge in [0, 0.05) is 66.8 Å². The summed E-state index contributed by atoms with van der Waals surface area (Å²) in [6, 6.07) is 3.11. The van der Waals surface area contributed by atoms with Gasteiger partial charge in [0.05, 0.1) is 22.7 Å². The van der Waals surface area contributed by atoms with Crippen molar-refractivity contribution in [3.8, 4) is 0 Å². The quantitative estimate of drug-likeness (QED) is 0.174. The number of aromatic nitrogens is 2. The lowest BCUT2D eigenvalue weighted by Crippen LogP contribution is -2.51. The van der Waals surface area contributed by atoms with Gasteiger partial charge in [-0.1, -0.05) is 33.8 Å². The molecule has 254 valence electrons. The van der Waals surface area contributed by atoms with E-state index in [1.807, 2.05) is 13.8 Å². The lowest BCUT2D eigenvalue weighted by Gasteiger charge is -2.42. The molecule has 0 saturated carbocycles. The Morgan fingerprint density at radius 2 is 1.83 bits per heavy atom. The maximum absolute atomic E-state index is 14.4. The number of nitrogens with one attached hydrogen (secondary N) is 1. The van der Waals surface area contributed by atoms with Crippen molar-refractivity contribution in [2.75, 3.05) is 19.6 Å². The molecule has 3 aromatic rings. The molecule has 1 aliphatic rings. The normalized spacial score (nSPS) is 17.7. The van der Waals surface area contributed by atoms with Crippen LogP contribution in [0.25, 0.3) is 5.57 Å². The second-order valence-electron chi connectivity index (χ2n) is 12.6. The molecule has 4 N–H and O–H groups in total. The van der Waals surface area contributed by atoms with Gasteiger partial charge in [0.2, 0.25) is 17.7 Å². The van der Waals surface area contributed by atoms with Crippen LogP contribution in [-0.4, -0.2) is 57.5 Å². The van der Waals surface area contributed by atoms with Gasteiger partial charge in [-0.05, 0) is 55.4 Å². The Kier molecular flexibility index (Phi) is 12.6. The van der Waals surface area contributed by atoms with Crippen molar-refractivity contribution in [3.05, 3.63) is 87.6 Å². The van der Waals surface area contributed by atoms with E-state index >= 15 is 0 Å². The van der Waals surface area contributed by atoms with Gasteiger partial charge in [0.25, 0.3) is 0 Å². The van der Waals surface area contributed by atoms with Crippen LogP contribution in [0.1, 0.15) is 68.3 Å². The van der Waals surface area contributed by atoms with E-state index in [4.69, 9.17) is 10.2 Å². The van der Waals surface area contributed by atoms with Gasteiger partial charge in [-0.2, -0.15) is 0 Å². The van der Waals surface area contributed by atoms with Crippen LogP contribution < -0.4 is 11.1 Å². The summed E-state index contributed by atoms with van der Waals surface area (Å²) in [5.74, 6) is -2.99. The van der Waals surface area contributed by atoms with E-state index in [0.29, 0.717) is 36.7 Å². The molecule has 3 atom stereocenters. The molecule has 47 heavy (non-hydrogen) atoms. The number of hydrogen-bond donors (Lipinski definition) is 3. The van der Waals surface area contributed by atoms with Gasteiger partial charge in [0.1, 0.15) is 17.9 Å². The fourth-order valence-corrected chi connectivity index (χ4v) is 7.30. The molecule has 1 unspecified atom stereocenters. The van der Waals surface area contributed by atoms with E-state index in [0.717, 1.165) is 35.2 Å². The fraction of sp³-hybridized carbons (Fsp3) is 0.486. The van der Waals surface area contributed by atoms with Crippen molar-refractivity contribution in [1.29, 1.82) is 0 Å². The highest BCUT2D eigenvalue weighted by Gasteiger charge is 2.49. The lowest BCUT2D eigenvalue weighted by molar-refractivity contribution is -0.132. The molecule has 12 heteroatoms. The minimum absolute atomic E-state index is 0.0296. The number of thiazole rings is 1. The Hall–Kier alpha value is -3.74. The molecule has 0 spiro atoms. The molecule has 2 heterocycles. The molecule has 0 bridgehead atoms. The summed E-state index contributed by atoms with van der Waals surface area (Å²) in [7, 11) is 0. The van der Waals surface area contributed by atoms with E-state index in [1.165, 1.54) is 24.6 Å². The number of benzene rings is 1. The summed E-state index contributed by atoms with van der Waals surface area (Å²) < 4.78 is 34.4. The first kappa shape index (κ1) is 36.1. The second-order valence-corrected chi connectivity index (χ2v) is 13.8. The molecule has 2 amide bonds. The second kappa shape index (κ2) is 16.4. The van der Waals surface area contributed by atoms with Crippen LogP contribution >= 0.6 is 11.3 Å². The van der Waals surface area contributed by atoms with Gasteiger partial charge >= 0.3 is 0 Å². The number of hydrogen-bond acceptors (Lipinski definition) is 8. The van der Waals surface area contributed by atoms with Gasteiger partial charge in [-0.3, -0.25) is 9.59 Å². The number of carbonyl (C=O) groups is 2. The highest BCUT2D eigenvalue weighted by molar-refractivity contribution is 7.11. The monoisotopic (exact) mass is 669 g/mol. The van der Waals surface area contributed by atoms with E-state index in [2.05, 4.69) is 29.1 Å². The van der Waals surface area contributed by atoms with E-state index in [9.17, 15) is 23.5 Å². The molecule has 0 radical (unpaired) electrons. The van der Waals surface area contributed by atoms with E-state index in [1.54, 1.807) is 34.6 Å². The van der Waals surface area contributed by atoms with Crippen LogP contribution in [0.5, 0.6) is 0 Å².